The highest BCUT2D eigenvalue weighted by Gasteiger charge is 2.23. The molecule has 3 heterocycles. The average Bonchev–Trinajstić information content (AvgIpc) is 2.87. The number of hydrogen-bond donors (Lipinski definition) is 0. The van der Waals surface area contributed by atoms with Crippen LogP contribution < -0.4 is 9.64 Å². The fraction of sp³-hybridized carbons (Fsp3) is 0.192. The van der Waals surface area contributed by atoms with E-state index in [-0.39, 0.29) is 11.7 Å². The summed E-state index contributed by atoms with van der Waals surface area (Å²) in [6, 6.07) is 14.6. The third-order valence-corrected chi connectivity index (χ3v) is 6.08. The molecule has 0 saturated carbocycles. The van der Waals surface area contributed by atoms with E-state index >= 15 is 0 Å². The van der Waals surface area contributed by atoms with Crippen LogP contribution >= 0.6 is 0 Å². The van der Waals surface area contributed by atoms with Crippen molar-refractivity contribution in [1.29, 1.82) is 0 Å². The summed E-state index contributed by atoms with van der Waals surface area (Å²) in [5.74, 6) is 0.150. The number of halogens is 1. The maximum Gasteiger partial charge on any atom is 0.246 e. The number of pyridine rings is 2. The zero-order valence-electron chi connectivity index (χ0n) is 18.3. The van der Waals surface area contributed by atoms with E-state index in [0.29, 0.717) is 43.0 Å². The number of hydrogen-bond acceptors (Lipinski definition) is 5. The van der Waals surface area contributed by atoms with E-state index in [1.54, 1.807) is 24.3 Å². The number of carbonyl (C=O) groups excluding carboxylic acids is 1. The fourth-order valence-corrected chi connectivity index (χ4v) is 4.40. The number of aromatic nitrogens is 2. The van der Waals surface area contributed by atoms with E-state index in [2.05, 4.69) is 16.5 Å². The van der Waals surface area contributed by atoms with Crippen LogP contribution in [0.1, 0.15) is 0 Å². The summed E-state index contributed by atoms with van der Waals surface area (Å²) in [7, 11) is 1.58. The quantitative estimate of drug-likeness (QED) is 0.438. The van der Waals surface area contributed by atoms with Crippen molar-refractivity contribution in [1.82, 2.24) is 14.9 Å². The first-order chi connectivity index (χ1) is 16.1. The molecule has 5 rings (SSSR count). The van der Waals surface area contributed by atoms with E-state index in [1.807, 2.05) is 36.4 Å². The minimum Gasteiger partial charge on any atom is -0.481 e. The molecule has 6 nitrogen and oxygen atoms in total. The Bertz CT molecular complexity index is 1370. The van der Waals surface area contributed by atoms with Gasteiger partial charge in [-0.2, -0.15) is 0 Å². The lowest BCUT2D eigenvalue weighted by molar-refractivity contribution is -0.126. The first kappa shape index (κ1) is 20.9. The number of carbonyl (C=O) groups is 1. The Morgan fingerprint density at radius 1 is 1.12 bits per heavy atom. The molecule has 0 bridgehead atoms. The second kappa shape index (κ2) is 8.50. The van der Waals surface area contributed by atoms with Crippen molar-refractivity contribution in [2.24, 2.45) is 0 Å². The number of piperazine rings is 1. The van der Waals surface area contributed by atoms with Gasteiger partial charge in [0.15, 0.2) is 0 Å². The van der Waals surface area contributed by atoms with Gasteiger partial charge in [0.05, 0.1) is 18.3 Å². The van der Waals surface area contributed by atoms with Gasteiger partial charge in [-0.3, -0.25) is 9.78 Å². The minimum absolute atomic E-state index is 0.0584. The number of amides is 1. The van der Waals surface area contributed by atoms with Crippen LogP contribution in [0.15, 0.2) is 67.4 Å². The Balaban J connectivity index is 1.58. The largest absolute Gasteiger partial charge is 0.481 e. The van der Waals surface area contributed by atoms with Crippen molar-refractivity contribution in [2.75, 3.05) is 38.2 Å². The van der Waals surface area contributed by atoms with Gasteiger partial charge in [0.25, 0.3) is 0 Å². The summed E-state index contributed by atoms with van der Waals surface area (Å²) in [5, 5.41) is 1.39. The van der Waals surface area contributed by atoms with E-state index in [9.17, 15) is 9.18 Å². The molecule has 1 saturated heterocycles. The molecule has 33 heavy (non-hydrogen) atoms. The molecule has 2 aromatic heterocycles. The number of rotatable bonds is 4. The third kappa shape index (κ3) is 3.75. The standard InChI is InChI=1S/C26H23FN4O2/c1-3-24(32)31-12-10-30(11-13-31)22-15-23(33-2)29-21-14-18(16-28-26(21)22)19-8-4-6-17-7-5-9-20(27)25(17)19/h3-9,14-16H,1,10-13H2,2H3. The molecule has 1 amide bonds. The van der Waals surface area contributed by atoms with Gasteiger partial charge < -0.3 is 14.5 Å². The van der Waals surface area contributed by atoms with E-state index in [0.717, 1.165) is 27.7 Å². The van der Waals surface area contributed by atoms with Gasteiger partial charge in [0, 0.05) is 49.4 Å². The van der Waals surface area contributed by atoms with E-state index in [1.165, 1.54) is 12.1 Å². The van der Waals surface area contributed by atoms with Crippen LogP contribution in [-0.4, -0.2) is 54.1 Å². The van der Waals surface area contributed by atoms with Gasteiger partial charge in [-0.05, 0) is 29.2 Å². The number of benzene rings is 2. The Morgan fingerprint density at radius 3 is 2.61 bits per heavy atom. The predicted molar refractivity (Wildman–Crippen MR) is 128 cm³/mol. The van der Waals surface area contributed by atoms with Gasteiger partial charge in [-0.15, -0.1) is 0 Å². The lowest BCUT2D eigenvalue weighted by Crippen LogP contribution is -2.48. The molecular formula is C26H23FN4O2. The highest BCUT2D eigenvalue weighted by atomic mass is 19.1. The molecule has 0 unspecified atom stereocenters. The Kier molecular flexibility index (Phi) is 5.38. The molecule has 0 aliphatic carbocycles. The van der Waals surface area contributed by atoms with Crippen molar-refractivity contribution >= 4 is 33.4 Å². The van der Waals surface area contributed by atoms with Crippen molar-refractivity contribution in [3.8, 4) is 17.0 Å². The molecule has 0 spiro atoms. The minimum atomic E-state index is -0.269. The monoisotopic (exact) mass is 442 g/mol. The molecule has 2 aromatic carbocycles. The fourth-order valence-electron chi connectivity index (χ4n) is 4.40. The number of fused-ring (bicyclic) bond motifs is 2. The number of ether oxygens (including phenoxy) is 1. The zero-order chi connectivity index (χ0) is 22.9. The first-order valence-corrected chi connectivity index (χ1v) is 10.8. The average molecular weight is 442 g/mol. The normalized spacial score (nSPS) is 14.0. The van der Waals surface area contributed by atoms with Crippen LogP contribution in [-0.2, 0) is 4.79 Å². The van der Waals surface area contributed by atoms with Crippen LogP contribution in [0.5, 0.6) is 5.88 Å². The van der Waals surface area contributed by atoms with Crippen LogP contribution in [0.4, 0.5) is 10.1 Å². The molecule has 0 N–H and O–H groups in total. The number of methoxy groups -OCH3 is 1. The molecular weight excluding hydrogens is 419 g/mol. The van der Waals surface area contributed by atoms with Crippen LogP contribution in [0.25, 0.3) is 32.9 Å². The molecule has 4 aromatic rings. The Labute approximate surface area is 190 Å². The highest BCUT2D eigenvalue weighted by Crippen LogP contribution is 2.34. The third-order valence-electron chi connectivity index (χ3n) is 6.08. The molecule has 1 fully saturated rings. The molecule has 1 aliphatic rings. The van der Waals surface area contributed by atoms with Crippen LogP contribution in [0, 0.1) is 5.82 Å². The van der Waals surface area contributed by atoms with E-state index < -0.39 is 0 Å². The zero-order valence-corrected chi connectivity index (χ0v) is 18.3. The smallest absolute Gasteiger partial charge is 0.246 e. The topological polar surface area (TPSA) is 58.6 Å². The summed E-state index contributed by atoms with van der Waals surface area (Å²) in [5.41, 5.74) is 3.86. The van der Waals surface area contributed by atoms with Crippen LogP contribution in [0.2, 0.25) is 0 Å². The second-order valence-corrected chi connectivity index (χ2v) is 7.94. The molecule has 0 atom stereocenters. The molecule has 7 heteroatoms. The van der Waals surface area contributed by atoms with Gasteiger partial charge in [-0.25, -0.2) is 9.37 Å². The van der Waals surface area contributed by atoms with Crippen molar-refractivity contribution < 1.29 is 13.9 Å². The van der Waals surface area contributed by atoms with Gasteiger partial charge in [0.1, 0.15) is 11.3 Å². The first-order valence-electron chi connectivity index (χ1n) is 10.8. The summed E-state index contributed by atoms with van der Waals surface area (Å²) in [6.07, 6.45) is 3.11. The lowest BCUT2D eigenvalue weighted by Gasteiger charge is -2.36. The maximum atomic E-state index is 14.7. The van der Waals surface area contributed by atoms with Crippen molar-refractivity contribution in [3.63, 3.8) is 0 Å². The van der Waals surface area contributed by atoms with Gasteiger partial charge >= 0.3 is 0 Å². The summed E-state index contributed by atoms with van der Waals surface area (Å²) in [4.78, 5) is 25.2. The maximum absolute atomic E-state index is 14.7. The van der Waals surface area contributed by atoms with Crippen molar-refractivity contribution in [2.45, 2.75) is 0 Å². The Morgan fingerprint density at radius 2 is 1.88 bits per heavy atom. The molecule has 1 aliphatic heterocycles. The second-order valence-electron chi connectivity index (χ2n) is 7.94. The van der Waals surface area contributed by atoms with Crippen LogP contribution in [0.3, 0.4) is 0 Å². The molecule has 166 valence electrons. The molecule has 0 radical (unpaired) electrons. The van der Waals surface area contributed by atoms with Crippen molar-refractivity contribution in [3.05, 3.63) is 73.2 Å². The summed E-state index contributed by atoms with van der Waals surface area (Å²) >= 11 is 0. The highest BCUT2D eigenvalue weighted by molar-refractivity contribution is 5.99. The summed E-state index contributed by atoms with van der Waals surface area (Å²) < 4.78 is 20.2. The Hall–Kier alpha value is -4.00. The number of nitrogens with zero attached hydrogens (tertiary/aromatic N) is 4. The van der Waals surface area contributed by atoms with Gasteiger partial charge in [-0.1, -0.05) is 36.9 Å². The summed E-state index contributed by atoms with van der Waals surface area (Å²) in [6.45, 7) is 6.11. The van der Waals surface area contributed by atoms with Gasteiger partial charge in [0.2, 0.25) is 11.8 Å². The lowest BCUT2D eigenvalue weighted by atomic mass is 9.98. The number of anilines is 1. The predicted octanol–water partition coefficient (Wildman–Crippen LogP) is 4.43. The van der Waals surface area contributed by atoms with E-state index in [4.69, 9.17) is 9.72 Å². The SMILES string of the molecule is C=CC(=O)N1CCN(c2cc(OC)nc3cc(-c4cccc5cccc(F)c45)cnc23)CC1.